The van der Waals surface area contributed by atoms with E-state index in [1.165, 1.54) is 0 Å². The van der Waals surface area contributed by atoms with Gasteiger partial charge in [-0.2, -0.15) is 15.0 Å². The number of rotatable bonds is 4. The van der Waals surface area contributed by atoms with E-state index < -0.39 is 0 Å². The number of hydrogen-bond acceptors (Lipinski definition) is 6. The molecule has 2 aromatic rings. The maximum absolute atomic E-state index is 5.53. The third-order valence-corrected chi connectivity index (χ3v) is 2.59. The van der Waals surface area contributed by atoms with Gasteiger partial charge in [-0.25, -0.2) is 4.98 Å². The summed E-state index contributed by atoms with van der Waals surface area (Å²) in [5.41, 5.74) is 12.1. The van der Waals surface area contributed by atoms with Gasteiger partial charge < -0.3 is 16.0 Å². The van der Waals surface area contributed by atoms with Crippen LogP contribution in [0.3, 0.4) is 0 Å². The van der Waals surface area contributed by atoms with Crippen LogP contribution in [0.4, 0.5) is 11.9 Å². The van der Waals surface area contributed by atoms with Crippen LogP contribution in [0.25, 0.3) is 0 Å². The first kappa shape index (κ1) is 12.3. The van der Waals surface area contributed by atoms with Crippen molar-refractivity contribution in [2.45, 2.75) is 33.2 Å². The molecule has 0 atom stereocenters. The Bertz CT molecular complexity index is 526. The molecule has 2 rings (SSSR count). The molecule has 7 nitrogen and oxygen atoms in total. The second kappa shape index (κ2) is 4.99. The van der Waals surface area contributed by atoms with E-state index in [1.54, 1.807) is 0 Å². The molecule has 0 saturated carbocycles. The average Bonchev–Trinajstić information content (AvgIpc) is 2.66. The van der Waals surface area contributed by atoms with Crippen LogP contribution < -0.4 is 11.5 Å². The first-order chi connectivity index (χ1) is 8.58. The van der Waals surface area contributed by atoms with E-state index in [9.17, 15) is 0 Å². The third kappa shape index (κ3) is 2.73. The van der Waals surface area contributed by atoms with Crippen molar-refractivity contribution >= 4 is 11.9 Å². The molecular formula is C11H17N7. The van der Waals surface area contributed by atoms with Crippen LogP contribution in [-0.2, 0) is 19.4 Å². The Morgan fingerprint density at radius 2 is 1.78 bits per heavy atom. The Morgan fingerprint density at radius 1 is 1.11 bits per heavy atom. The highest BCUT2D eigenvalue weighted by atomic mass is 15.1. The number of nitrogens with two attached hydrogens (primary N) is 2. The molecule has 0 saturated heterocycles. The maximum Gasteiger partial charge on any atom is 0.225 e. The quantitative estimate of drug-likeness (QED) is 0.806. The Labute approximate surface area is 105 Å². The Kier molecular flexibility index (Phi) is 3.40. The van der Waals surface area contributed by atoms with Crippen LogP contribution in [-0.4, -0.2) is 24.5 Å². The fraction of sp³-hybridized carbons (Fsp3) is 0.455. The predicted octanol–water partition coefficient (Wildman–Crippen LogP) is 0.346. The number of imidazole rings is 1. The highest BCUT2D eigenvalue weighted by Gasteiger charge is 2.06. The Hall–Kier alpha value is -2.18. The molecule has 0 aliphatic rings. The maximum atomic E-state index is 5.53. The SMILES string of the molecule is CCc1nc(C)cn1CCc1nc(N)nc(N)n1. The molecule has 0 fully saturated rings. The molecule has 0 unspecified atom stereocenters. The van der Waals surface area contributed by atoms with Gasteiger partial charge in [0.05, 0.1) is 5.69 Å². The van der Waals surface area contributed by atoms with Crippen molar-refractivity contribution in [3.8, 4) is 0 Å². The first-order valence-corrected chi connectivity index (χ1v) is 5.87. The number of nitrogens with zero attached hydrogens (tertiary/aromatic N) is 5. The monoisotopic (exact) mass is 247 g/mol. The minimum absolute atomic E-state index is 0.162. The van der Waals surface area contributed by atoms with Crippen LogP contribution >= 0.6 is 0 Å². The van der Waals surface area contributed by atoms with Crippen molar-refractivity contribution in [1.82, 2.24) is 24.5 Å². The fourth-order valence-corrected chi connectivity index (χ4v) is 1.86. The fourth-order valence-electron chi connectivity index (χ4n) is 1.86. The van der Waals surface area contributed by atoms with Crippen LogP contribution in [0.2, 0.25) is 0 Å². The van der Waals surface area contributed by atoms with Crippen LogP contribution in [0.5, 0.6) is 0 Å². The normalized spacial score (nSPS) is 10.8. The van der Waals surface area contributed by atoms with Crippen LogP contribution in [0.1, 0.15) is 24.3 Å². The Balaban J connectivity index is 2.11. The zero-order valence-corrected chi connectivity index (χ0v) is 10.6. The molecule has 4 N–H and O–H groups in total. The largest absolute Gasteiger partial charge is 0.368 e. The molecule has 2 heterocycles. The number of aromatic nitrogens is 5. The lowest BCUT2D eigenvalue weighted by Gasteiger charge is -2.06. The van der Waals surface area contributed by atoms with E-state index in [2.05, 4.69) is 31.4 Å². The second-order valence-corrected chi connectivity index (χ2v) is 4.06. The summed E-state index contributed by atoms with van der Waals surface area (Å²) in [6.07, 6.45) is 3.57. The lowest BCUT2D eigenvalue weighted by molar-refractivity contribution is 0.637. The molecule has 0 bridgehead atoms. The lowest BCUT2D eigenvalue weighted by atomic mass is 10.3. The van der Waals surface area contributed by atoms with Crippen molar-refractivity contribution in [1.29, 1.82) is 0 Å². The molecule has 0 aromatic carbocycles. The number of anilines is 2. The van der Waals surface area contributed by atoms with E-state index in [0.29, 0.717) is 12.2 Å². The number of aryl methyl sites for hydroxylation is 4. The van der Waals surface area contributed by atoms with Crippen molar-refractivity contribution in [3.05, 3.63) is 23.5 Å². The molecule has 0 amide bonds. The molecule has 96 valence electrons. The van der Waals surface area contributed by atoms with Crippen molar-refractivity contribution in [3.63, 3.8) is 0 Å². The van der Waals surface area contributed by atoms with Gasteiger partial charge in [0.25, 0.3) is 0 Å². The summed E-state index contributed by atoms with van der Waals surface area (Å²) in [7, 11) is 0. The molecule has 0 aliphatic heterocycles. The summed E-state index contributed by atoms with van der Waals surface area (Å²) < 4.78 is 2.10. The summed E-state index contributed by atoms with van der Waals surface area (Å²) in [5, 5.41) is 0. The minimum atomic E-state index is 0.162. The van der Waals surface area contributed by atoms with Gasteiger partial charge in [-0.3, -0.25) is 0 Å². The van der Waals surface area contributed by atoms with Gasteiger partial charge in [0.2, 0.25) is 11.9 Å². The minimum Gasteiger partial charge on any atom is -0.368 e. The van der Waals surface area contributed by atoms with Crippen molar-refractivity contribution < 1.29 is 0 Å². The Morgan fingerprint density at radius 3 is 2.39 bits per heavy atom. The van der Waals surface area contributed by atoms with Gasteiger partial charge in [-0.1, -0.05) is 6.92 Å². The van der Waals surface area contributed by atoms with Crippen LogP contribution in [0.15, 0.2) is 6.20 Å². The van der Waals surface area contributed by atoms with Crippen molar-refractivity contribution in [2.24, 2.45) is 0 Å². The predicted molar refractivity (Wildman–Crippen MR) is 68.7 cm³/mol. The van der Waals surface area contributed by atoms with Crippen molar-refractivity contribution in [2.75, 3.05) is 11.5 Å². The van der Waals surface area contributed by atoms with E-state index in [4.69, 9.17) is 11.5 Å². The summed E-state index contributed by atoms with van der Waals surface area (Å²) in [6, 6.07) is 0. The highest BCUT2D eigenvalue weighted by molar-refractivity contribution is 5.25. The molecule has 0 radical (unpaired) electrons. The van der Waals surface area contributed by atoms with Gasteiger partial charge in [-0.05, 0) is 6.92 Å². The van der Waals surface area contributed by atoms with E-state index in [1.807, 2.05) is 13.1 Å². The standard InChI is InChI=1S/C11H17N7/c1-3-9-14-7(2)6-18(9)5-4-8-15-10(12)17-11(13)16-8/h6H,3-5H2,1-2H3,(H4,12,13,15,16,17). The van der Waals surface area contributed by atoms with E-state index in [0.717, 1.165) is 24.5 Å². The van der Waals surface area contributed by atoms with Gasteiger partial charge >= 0.3 is 0 Å². The zero-order chi connectivity index (χ0) is 13.1. The molecule has 2 aromatic heterocycles. The third-order valence-electron chi connectivity index (χ3n) is 2.59. The van der Waals surface area contributed by atoms with E-state index >= 15 is 0 Å². The zero-order valence-electron chi connectivity index (χ0n) is 10.6. The lowest BCUT2D eigenvalue weighted by Crippen LogP contribution is -2.10. The molecule has 18 heavy (non-hydrogen) atoms. The van der Waals surface area contributed by atoms with Gasteiger partial charge in [0, 0.05) is 25.6 Å². The average molecular weight is 247 g/mol. The van der Waals surface area contributed by atoms with E-state index in [-0.39, 0.29) is 11.9 Å². The molecule has 0 spiro atoms. The van der Waals surface area contributed by atoms with Crippen LogP contribution in [0, 0.1) is 6.92 Å². The van der Waals surface area contributed by atoms with Gasteiger partial charge in [-0.15, -0.1) is 0 Å². The smallest absolute Gasteiger partial charge is 0.225 e. The summed E-state index contributed by atoms with van der Waals surface area (Å²) >= 11 is 0. The summed E-state index contributed by atoms with van der Waals surface area (Å²) in [6.45, 7) is 4.82. The summed E-state index contributed by atoms with van der Waals surface area (Å²) in [5.74, 6) is 1.99. The topological polar surface area (TPSA) is 109 Å². The number of nitrogen functional groups attached to an aromatic ring is 2. The summed E-state index contributed by atoms with van der Waals surface area (Å²) in [4.78, 5) is 16.3. The first-order valence-electron chi connectivity index (χ1n) is 5.87. The molecular weight excluding hydrogens is 230 g/mol. The molecule has 0 aliphatic carbocycles. The van der Waals surface area contributed by atoms with Gasteiger partial charge in [0.15, 0.2) is 0 Å². The second-order valence-electron chi connectivity index (χ2n) is 4.06. The van der Waals surface area contributed by atoms with Gasteiger partial charge in [0.1, 0.15) is 11.6 Å². The molecule has 7 heteroatoms. The highest BCUT2D eigenvalue weighted by Crippen LogP contribution is 2.06. The number of hydrogen-bond donors (Lipinski definition) is 2.